The Morgan fingerprint density at radius 3 is 2.73 bits per heavy atom. The summed E-state index contributed by atoms with van der Waals surface area (Å²) < 4.78 is 0. The second-order valence-electron chi connectivity index (χ2n) is 3.32. The molecule has 2 rings (SSSR count). The summed E-state index contributed by atoms with van der Waals surface area (Å²) in [6.07, 6.45) is 0.943. The number of aromatic amines is 1. The molecule has 78 valence electrons. The lowest BCUT2D eigenvalue weighted by Gasteiger charge is -2.07. The van der Waals surface area contributed by atoms with Crippen LogP contribution in [0.1, 0.15) is 11.7 Å². The largest absolute Gasteiger partial charge is 0.387 e. The SMILES string of the molecule is NCC(O)c1cn[nH]c1-c1ccccc1. The van der Waals surface area contributed by atoms with Crippen molar-refractivity contribution < 1.29 is 5.11 Å². The van der Waals surface area contributed by atoms with Crippen molar-refractivity contribution in [2.24, 2.45) is 5.73 Å². The van der Waals surface area contributed by atoms with Crippen molar-refractivity contribution in [1.82, 2.24) is 10.2 Å². The molecule has 1 unspecified atom stereocenters. The van der Waals surface area contributed by atoms with E-state index in [1.807, 2.05) is 30.3 Å². The van der Waals surface area contributed by atoms with Crippen molar-refractivity contribution in [3.05, 3.63) is 42.1 Å². The molecule has 0 aliphatic rings. The summed E-state index contributed by atoms with van der Waals surface area (Å²) in [7, 11) is 0. The monoisotopic (exact) mass is 203 g/mol. The van der Waals surface area contributed by atoms with Crippen LogP contribution in [-0.4, -0.2) is 21.8 Å². The standard InChI is InChI=1S/C11H13N3O/c12-6-10(15)9-7-13-14-11(9)8-4-2-1-3-5-8/h1-5,7,10,15H,6,12H2,(H,13,14). The Labute approximate surface area is 87.7 Å². The summed E-state index contributed by atoms with van der Waals surface area (Å²) in [4.78, 5) is 0. The van der Waals surface area contributed by atoms with Gasteiger partial charge >= 0.3 is 0 Å². The molecular formula is C11H13N3O. The Balaban J connectivity index is 2.41. The first-order valence-corrected chi connectivity index (χ1v) is 4.79. The Hall–Kier alpha value is -1.65. The number of aliphatic hydroxyl groups excluding tert-OH is 1. The average molecular weight is 203 g/mol. The van der Waals surface area contributed by atoms with E-state index in [0.29, 0.717) is 0 Å². The second-order valence-corrected chi connectivity index (χ2v) is 3.32. The first-order chi connectivity index (χ1) is 7.33. The molecule has 2 aromatic rings. The molecule has 0 amide bonds. The van der Waals surface area contributed by atoms with Crippen molar-refractivity contribution in [2.75, 3.05) is 6.54 Å². The van der Waals surface area contributed by atoms with Crippen LogP contribution in [0.2, 0.25) is 0 Å². The number of nitrogens with zero attached hydrogens (tertiary/aromatic N) is 1. The van der Waals surface area contributed by atoms with Crippen molar-refractivity contribution >= 4 is 0 Å². The normalized spacial score (nSPS) is 12.7. The lowest BCUT2D eigenvalue weighted by atomic mass is 10.0. The van der Waals surface area contributed by atoms with E-state index in [2.05, 4.69) is 10.2 Å². The van der Waals surface area contributed by atoms with Gasteiger partial charge in [0.15, 0.2) is 0 Å². The lowest BCUT2D eigenvalue weighted by molar-refractivity contribution is 0.187. The maximum Gasteiger partial charge on any atom is 0.0948 e. The van der Waals surface area contributed by atoms with Gasteiger partial charge in [0.1, 0.15) is 0 Å². The Morgan fingerprint density at radius 1 is 1.33 bits per heavy atom. The van der Waals surface area contributed by atoms with Crippen molar-refractivity contribution in [2.45, 2.75) is 6.10 Å². The summed E-state index contributed by atoms with van der Waals surface area (Å²) in [6, 6.07) is 9.74. The van der Waals surface area contributed by atoms with Gasteiger partial charge in [-0.15, -0.1) is 0 Å². The van der Waals surface area contributed by atoms with Gasteiger partial charge in [0.25, 0.3) is 0 Å². The van der Waals surface area contributed by atoms with Crippen LogP contribution < -0.4 is 5.73 Å². The maximum atomic E-state index is 9.68. The van der Waals surface area contributed by atoms with E-state index in [1.165, 1.54) is 0 Å². The zero-order valence-corrected chi connectivity index (χ0v) is 8.22. The van der Waals surface area contributed by atoms with E-state index < -0.39 is 6.10 Å². The van der Waals surface area contributed by atoms with Crippen LogP contribution in [0.15, 0.2) is 36.5 Å². The molecule has 0 spiro atoms. The van der Waals surface area contributed by atoms with E-state index in [0.717, 1.165) is 16.8 Å². The zero-order valence-electron chi connectivity index (χ0n) is 8.22. The third kappa shape index (κ3) is 1.91. The molecule has 1 aromatic carbocycles. The van der Waals surface area contributed by atoms with Crippen LogP contribution in [0.5, 0.6) is 0 Å². The van der Waals surface area contributed by atoms with Crippen LogP contribution in [-0.2, 0) is 0 Å². The molecule has 1 aromatic heterocycles. The highest BCUT2D eigenvalue weighted by atomic mass is 16.3. The van der Waals surface area contributed by atoms with Crippen LogP contribution >= 0.6 is 0 Å². The fraction of sp³-hybridized carbons (Fsp3) is 0.182. The van der Waals surface area contributed by atoms with Gasteiger partial charge in [-0.2, -0.15) is 5.10 Å². The highest BCUT2D eigenvalue weighted by Gasteiger charge is 2.13. The summed E-state index contributed by atoms with van der Waals surface area (Å²) in [5.41, 5.74) is 7.98. The molecular weight excluding hydrogens is 190 g/mol. The van der Waals surface area contributed by atoms with E-state index in [4.69, 9.17) is 5.73 Å². The summed E-state index contributed by atoms with van der Waals surface area (Å²) in [5, 5.41) is 16.5. The molecule has 0 saturated carbocycles. The fourth-order valence-electron chi connectivity index (χ4n) is 1.51. The topological polar surface area (TPSA) is 74.9 Å². The molecule has 1 atom stereocenters. The first-order valence-electron chi connectivity index (χ1n) is 4.79. The van der Waals surface area contributed by atoms with Crippen molar-refractivity contribution in [3.63, 3.8) is 0 Å². The quantitative estimate of drug-likeness (QED) is 0.698. The van der Waals surface area contributed by atoms with Gasteiger partial charge < -0.3 is 10.8 Å². The minimum absolute atomic E-state index is 0.194. The van der Waals surface area contributed by atoms with Crippen molar-refractivity contribution in [3.8, 4) is 11.3 Å². The molecule has 4 heteroatoms. The zero-order chi connectivity index (χ0) is 10.7. The molecule has 15 heavy (non-hydrogen) atoms. The third-order valence-corrected chi connectivity index (χ3v) is 2.31. The van der Waals surface area contributed by atoms with Gasteiger partial charge in [0.05, 0.1) is 18.0 Å². The number of nitrogens with two attached hydrogens (primary N) is 1. The molecule has 0 aliphatic carbocycles. The van der Waals surface area contributed by atoms with Gasteiger partial charge in [-0.05, 0) is 5.56 Å². The van der Waals surface area contributed by atoms with E-state index in [-0.39, 0.29) is 6.54 Å². The molecule has 1 heterocycles. The van der Waals surface area contributed by atoms with E-state index in [1.54, 1.807) is 6.20 Å². The minimum Gasteiger partial charge on any atom is -0.387 e. The smallest absolute Gasteiger partial charge is 0.0948 e. The van der Waals surface area contributed by atoms with Crippen molar-refractivity contribution in [1.29, 1.82) is 0 Å². The first kappa shape index (κ1) is 9.89. The number of H-pyrrole nitrogens is 1. The summed E-state index contributed by atoms with van der Waals surface area (Å²) in [5.74, 6) is 0. The number of hydrogen-bond donors (Lipinski definition) is 3. The van der Waals surface area contributed by atoms with Gasteiger partial charge in [0.2, 0.25) is 0 Å². The highest BCUT2D eigenvalue weighted by molar-refractivity contribution is 5.62. The molecule has 4 N–H and O–H groups in total. The van der Waals surface area contributed by atoms with Gasteiger partial charge in [-0.25, -0.2) is 0 Å². The maximum absolute atomic E-state index is 9.68. The van der Waals surface area contributed by atoms with Crippen LogP contribution in [0, 0.1) is 0 Å². The average Bonchev–Trinajstić information content (AvgIpc) is 2.78. The minimum atomic E-state index is -0.668. The Kier molecular flexibility index (Phi) is 2.80. The van der Waals surface area contributed by atoms with E-state index in [9.17, 15) is 5.11 Å². The third-order valence-electron chi connectivity index (χ3n) is 2.31. The van der Waals surface area contributed by atoms with Crippen LogP contribution in [0.3, 0.4) is 0 Å². The number of rotatable bonds is 3. The Morgan fingerprint density at radius 2 is 2.07 bits per heavy atom. The van der Waals surface area contributed by atoms with Crippen LogP contribution in [0.25, 0.3) is 11.3 Å². The highest BCUT2D eigenvalue weighted by Crippen LogP contribution is 2.24. The Bertz CT molecular complexity index is 424. The number of benzene rings is 1. The second kappa shape index (κ2) is 4.25. The number of aromatic nitrogens is 2. The molecule has 0 radical (unpaired) electrons. The van der Waals surface area contributed by atoms with Gasteiger partial charge in [-0.1, -0.05) is 30.3 Å². The summed E-state index contributed by atoms with van der Waals surface area (Å²) in [6.45, 7) is 0.194. The lowest BCUT2D eigenvalue weighted by Crippen LogP contribution is -2.11. The number of nitrogens with one attached hydrogen (secondary N) is 1. The van der Waals surface area contributed by atoms with E-state index >= 15 is 0 Å². The summed E-state index contributed by atoms with van der Waals surface area (Å²) >= 11 is 0. The fourth-order valence-corrected chi connectivity index (χ4v) is 1.51. The number of hydrogen-bond acceptors (Lipinski definition) is 3. The molecule has 4 nitrogen and oxygen atoms in total. The predicted octanol–water partition coefficient (Wildman–Crippen LogP) is 1.07. The van der Waals surface area contributed by atoms with Gasteiger partial charge in [-0.3, -0.25) is 5.10 Å². The molecule has 0 fully saturated rings. The predicted molar refractivity (Wildman–Crippen MR) is 58.0 cm³/mol. The number of aliphatic hydroxyl groups is 1. The van der Waals surface area contributed by atoms with Crippen LogP contribution in [0.4, 0.5) is 0 Å². The molecule has 0 bridgehead atoms. The molecule has 0 saturated heterocycles. The van der Waals surface area contributed by atoms with Gasteiger partial charge in [0, 0.05) is 12.1 Å². The molecule has 0 aliphatic heterocycles.